The average molecular weight is 867 g/mol. The van der Waals surface area contributed by atoms with Crippen LogP contribution in [0, 0.1) is 11.8 Å². The van der Waals surface area contributed by atoms with E-state index < -0.39 is 70.9 Å². The Morgan fingerprint density at radius 3 is 2.05 bits per heavy atom. The number of nitrogens with zero attached hydrogens (tertiary/aromatic N) is 2. The number of benzene rings is 2. The first-order chi connectivity index (χ1) is 29.0. The maximum Gasteiger partial charge on any atom is 0.410 e. The van der Waals surface area contributed by atoms with Crippen LogP contribution in [-0.2, 0) is 44.6 Å². The van der Waals surface area contributed by atoms with E-state index in [4.69, 9.17) is 23.7 Å². The molecule has 0 saturated carbocycles. The van der Waals surface area contributed by atoms with Gasteiger partial charge in [-0.3, -0.25) is 19.2 Å². The zero-order valence-electron chi connectivity index (χ0n) is 38.4. The maximum absolute atomic E-state index is 14.8. The molecule has 0 unspecified atom stereocenters. The van der Waals surface area contributed by atoms with Gasteiger partial charge in [0.25, 0.3) is 0 Å². The molecule has 0 spiro atoms. The molecule has 0 aromatic heterocycles. The van der Waals surface area contributed by atoms with Crippen molar-refractivity contribution in [3.05, 3.63) is 47.5 Å². The highest BCUT2D eigenvalue weighted by atomic mass is 16.6. The molecular weight excluding hydrogens is 801 g/mol. The largest absolute Gasteiger partial charge is 0.496 e. The normalized spacial score (nSPS) is 17.3. The van der Waals surface area contributed by atoms with E-state index in [0.717, 1.165) is 0 Å². The topological polar surface area (TPSA) is 196 Å². The Balaban J connectivity index is 2.06. The monoisotopic (exact) mass is 866 g/mol. The predicted molar refractivity (Wildman–Crippen MR) is 232 cm³/mol. The van der Waals surface area contributed by atoms with Crippen molar-refractivity contribution in [2.75, 3.05) is 48.5 Å². The number of methoxy groups -OCH3 is 3. The highest BCUT2D eigenvalue weighted by molar-refractivity contribution is 5.96. The van der Waals surface area contributed by atoms with Crippen LogP contribution in [0.3, 0.4) is 0 Å². The van der Waals surface area contributed by atoms with Crippen LogP contribution in [0.4, 0.5) is 9.59 Å². The third-order valence-electron chi connectivity index (χ3n) is 10.2. The highest BCUT2D eigenvalue weighted by Crippen LogP contribution is 2.40. The smallest absolute Gasteiger partial charge is 0.410 e. The number of fused-ring (bicyclic) bond motifs is 5. The molecule has 1 aliphatic heterocycles. The van der Waals surface area contributed by atoms with Crippen LogP contribution in [0.15, 0.2) is 36.4 Å². The lowest BCUT2D eigenvalue weighted by molar-refractivity contribution is -0.146. The van der Waals surface area contributed by atoms with Crippen LogP contribution in [0.2, 0.25) is 0 Å². The molecule has 2 aromatic carbocycles. The lowest BCUT2D eigenvalue weighted by atomic mass is 9.88. The standard InChI is InChI=1S/C46H66N4O12/c1-28-23-36(52)39(30-17-19-38(59-11)34(27-30)33-24-29(16-18-37(33)58-10)25-35(42(55)60-12)48-40(28)53)50(9)41(54)31(15-13-14-21-47-43(56)61-45(2,3)4)26-32(51)20-22-49(8)44(57)62-46(5,6)7/h16-19,24,27-28,31,35,39H,13-15,20-23,25-26H2,1-12H3,(H,47,56)(H,48,53)/t28-,31-,35+,39+/m1/s1. The summed E-state index contributed by atoms with van der Waals surface area (Å²) in [6.45, 7) is 12.4. The fraction of sp³-hybridized carbons (Fsp3) is 0.587. The van der Waals surface area contributed by atoms with Gasteiger partial charge < -0.3 is 44.1 Å². The van der Waals surface area contributed by atoms with Gasteiger partial charge in [-0.1, -0.05) is 25.5 Å². The van der Waals surface area contributed by atoms with Crippen molar-refractivity contribution in [2.24, 2.45) is 11.8 Å². The van der Waals surface area contributed by atoms with E-state index in [0.29, 0.717) is 46.6 Å². The Kier molecular flexibility index (Phi) is 18.3. The van der Waals surface area contributed by atoms with Gasteiger partial charge in [0.1, 0.15) is 40.6 Å². The van der Waals surface area contributed by atoms with Crippen LogP contribution in [0.5, 0.6) is 11.5 Å². The van der Waals surface area contributed by atoms with Gasteiger partial charge in [0.05, 0.1) is 21.3 Å². The van der Waals surface area contributed by atoms with Crippen LogP contribution in [0.1, 0.15) is 104 Å². The Morgan fingerprint density at radius 1 is 0.839 bits per heavy atom. The van der Waals surface area contributed by atoms with Gasteiger partial charge in [-0.25, -0.2) is 14.4 Å². The molecule has 4 atom stereocenters. The number of carbonyl (C=O) groups excluding carboxylic acids is 7. The Hall–Kier alpha value is -5.67. The SMILES string of the molecule is COC(=O)[C@@H]1Cc2ccc(OC)c(c2)-c2cc(ccc2OC)[C@H](N(C)C(=O)[C@H](CCCCNC(=O)OC(C)(C)C)CC(=O)CCN(C)C(=O)OC(C)(C)C)C(=O)C[C@@H](C)C(=O)N1. The van der Waals surface area contributed by atoms with E-state index >= 15 is 0 Å². The first-order valence-corrected chi connectivity index (χ1v) is 20.9. The van der Waals surface area contributed by atoms with Gasteiger partial charge in [-0.15, -0.1) is 0 Å². The quantitative estimate of drug-likeness (QED) is 0.117. The number of carbonyl (C=O) groups is 7. The second-order valence-corrected chi connectivity index (χ2v) is 17.7. The molecule has 0 saturated heterocycles. The predicted octanol–water partition coefficient (Wildman–Crippen LogP) is 6.21. The number of unbranched alkanes of at least 4 members (excludes halogenated alkanes) is 1. The third kappa shape index (κ3) is 15.0. The molecule has 0 aliphatic carbocycles. The first-order valence-electron chi connectivity index (χ1n) is 20.9. The summed E-state index contributed by atoms with van der Waals surface area (Å²) in [4.78, 5) is 96.9. The second-order valence-electron chi connectivity index (χ2n) is 17.7. The average Bonchev–Trinajstić information content (AvgIpc) is 3.19. The molecule has 4 amide bonds. The van der Waals surface area contributed by atoms with Crippen molar-refractivity contribution in [1.82, 2.24) is 20.4 Å². The number of hydrogen-bond donors (Lipinski definition) is 2. The Bertz CT molecular complexity index is 1930. The number of esters is 1. The molecule has 1 aliphatic rings. The summed E-state index contributed by atoms with van der Waals surface area (Å²) in [7, 11) is 7.26. The first kappa shape index (κ1) is 50.7. The summed E-state index contributed by atoms with van der Waals surface area (Å²) >= 11 is 0. The van der Waals surface area contributed by atoms with Crippen molar-refractivity contribution in [3.8, 4) is 22.6 Å². The van der Waals surface area contributed by atoms with Crippen molar-refractivity contribution in [3.63, 3.8) is 0 Å². The van der Waals surface area contributed by atoms with Crippen molar-refractivity contribution >= 4 is 41.5 Å². The summed E-state index contributed by atoms with van der Waals surface area (Å²) in [5.74, 6) is -3.33. The number of alkyl carbamates (subject to hydrolysis) is 1. The summed E-state index contributed by atoms with van der Waals surface area (Å²) in [6.07, 6.45) is -0.466. The van der Waals surface area contributed by atoms with Gasteiger partial charge >= 0.3 is 18.2 Å². The fourth-order valence-electron chi connectivity index (χ4n) is 7.06. The molecule has 16 nitrogen and oxygen atoms in total. The summed E-state index contributed by atoms with van der Waals surface area (Å²) in [5, 5.41) is 5.46. The third-order valence-corrected chi connectivity index (χ3v) is 10.2. The summed E-state index contributed by atoms with van der Waals surface area (Å²) in [5.41, 5.74) is 0.819. The summed E-state index contributed by atoms with van der Waals surface area (Å²) in [6, 6.07) is 8.15. The molecule has 2 N–H and O–H groups in total. The lowest BCUT2D eigenvalue weighted by Crippen LogP contribution is -2.46. The van der Waals surface area contributed by atoms with Gasteiger partial charge in [-0.2, -0.15) is 0 Å². The number of rotatable bonds is 15. The van der Waals surface area contributed by atoms with E-state index in [2.05, 4.69) is 10.6 Å². The van der Waals surface area contributed by atoms with Crippen LogP contribution in [-0.4, -0.2) is 117 Å². The van der Waals surface area contributed by atoms with E-state index in [1.54, 1.807) is 78.8 Å². The number of amides is 4. The number of likely N-dealkylation sites (N-methyl/N-ethyl adjacent to an activating group) is 1. The number of nitrogens with one attached hydrogen (secondary N) is 2. The van der Waals surface area contributed by atoms with Crippen LogP contribution in [0.25, 0.3) is 11.1 Å². The lowest BCUT2D eigenvalue weighted by Gasteiger charge is -2.32. The van der Waals surface area contributed by atoms with E-state index in [9.17, 15) is 33.6 Å². The highest BCUT2D eigenvalue weighted by Gasteiger charge is 2.36. The van der Waals surface area contributed by atoms with E-state index in [-0.39, 0.29) is 51.0 Å². The molecule has 0 fully saturated rings. The van der Waals surface area contributed by atoms with Gasteiger partial charge in [0.15, 0.2) is 5.78 Å². The van der Waals surface area contributed by atoms with E-state index in [1.165, 1.54) is 45.2 Å². The Morgan fingerprint density at radius 2 is 1.45 bits per heavy atom. The molecule has 2 aromatic rings. The number of hydrogen-bond acceptors (Lipinski definition) is 12. The van der Waals surface area contributed by atoms with Gasteiger partial charge in [0, 0.05) is 75.8 Å². The molecule has 4 bridgehead atoms. The number of ketones is 2. The van der Waals surface area contributed by atoms with Crippen molar-refractivity contribution in [1.29, 1.82) is 0 Å². The minimum atomic E-state index is -1.22. The minimum Gasteiger partial charge on any atom is -0.496 e. The fourth-order valence-corrected chi connectivity index (χ4v) is 7.06. The minimum absolute atomic E-state index is 0.0479. The maximum atomic E-state index is 14.8. The Labute approximate surface area is 365 Å². The zero-order valence-corrected chi connectivity index (χ0v) is 38.4. The molecule has 62 heavy (non-hydrogen) atoms. The molecule has 1 heterocycles. The van der Waals surface area contributed by atoms with Crippen LogP contribution >= 0.6 is 0 Å². The summed E-state index contributed by atoms with van der Waals surface area (Å²) < 4.78 is 27.3. The zero-order chi connectivity index (χ0) is 46.5. The molecular formula is C46H66N4O12. The molecule has 16 heteroatoms. The number of Topliss-reactive ketones (excluding diaryl/α,β-unsaturated/α-hetero) is 2. The molecule has 342 valence electrons. The van der Waals surface area contributed by atoms with Gasteiger partial charge in [-0.05, 0) is 89.8 Å². The molecule has 0 radical (unpaired) electrons. The van der Waals surface area contributed by atoms with Gasteiger partial charge in [0.2, 0.25) is 11.8 Å². The van der Waals surface area contributed by atoms with Crippen molar-refractivity contribution in [2.45, 2.75) is 117 Å². The molecule has 3 rings (SSSR count). The van der Waals surface area contributed by atoms with E-state index in [1.807, 2.05) is 6.07 Å². The second kappa shape index (κ2) is 22.4. The van der Waals surface area contributed by atoms with Crippen LogP contribution < -0.4 is 20.1 Å². The number of ether oxygens (including phenoxy) is 5. The van der Waals surface area contributed by atoms with Crippen molar-refractivity contribution < 1.29 is 57.2 Å².